The minimum atomic E-state index is -0.497. The van der Waals surface area contributed by atoms with Gasteiger partial charge in [-0.15, -0.1) is 0 Å². The Morgan fingerprint density at radius 1 is 1.50 bits per heavy atom. The second-order valence-electron chi connectivity index (χ2n) is 4.03. The van der Waals surface area contributed by atoms with Crippen molar-refractivity contribution < 1.29 is 9.72 Å². The van der Waals surface area contributed by atoms with Gasteiger partial charge in [0.15, 0.2) is 0 Å². The number of nitro groups is 1. The Morgan fingerprint density at radius 3 is 2.72 bits per heavy atom. The zero-order valence-electron chi connectivity index (χ0n) is 10.3. The number of hydrogen-bond acceptors (Lipinski definition) is 3. The van der Waals surface area contributed by atoms with Crippen LogP contribution in [0, 0.1) is 17.0 Å². The number of aryl methyl sites for hydroxylation is 1. The smallest absolute Gasteiger partial charge is 0.270 e. The molecule has 1 rings (SSSR count). The minimum Gasteiger partial charge on any atom is -0.351 e. The molecule has 0 saturated heterocycles. The summed E-state index contributed by atoms with van der Waals surface area (Å²) in [6, 6.07) is 4.37. The molecule has 0 fully saturated rings. The molecular weight excluding hydrogens is 300 g/mol. The average Bonchev–Trinajstić information content (AvgIpc) is 2.34. The maximum atomic E-state index is 11.8. The normalized spacial score (nSPS) is 11.9. The molecule has 0 aliphatic rings. The molecule has 6 heteroatoms. The number of nitrogens with zero attached hydrogens (tertiary/aromatic N) is 1. The van der Waals surface area contributed by atoms with Gasteiger partial charge in [0, 0.05) is 29.1 Å². The first-order valence-corrected chi connectivity index (χ1v) is 6.54. The van der Waals surface area contributed by atoms with E-state index in [2.05, 4.69) is 21.2 Å². The molecule has 0 heterocycles. The van der Waals surface area contributed by atoms with Crippen LogP contribution in [-0.2, 0) is 0 Å². The van der Waals surface area contributed by atoms with Gasteiger partial charge in [-0.05, 0) is 25.0 Å². The standard InChI is InChI=1S/C12H15BrN2O3/c1-3-10(13)7-14-12(16)9-4-8(2)5-11(6-9)15(17)18/h4-6,10H,3,7H2,1-2H3,(H,14,16). The van der Waals surface area contributed by atoms with Crippen LogP contribution < -0.4 is 5.32 Å². The van der Waals surface area contributed by atoms with Crippen LogP contribution in [0.2, 0.25) is 0 Å². The number of amides is 1. The Kier molecular flexibility index (Phi) is 5.27. The largest absolute Gasteiger partial charge is 0.351 e. The van der Waals surface area contributed by atoms with Gasteiger partial charge in [-0.2, -0.15) is 0 Å². The third-order valence-corrected chi connectivity index (χ3v) is 3.43. The highest BCUT2D eigenvalue weighted by Crippen LogP contribution is 2.16. The molecule has 1 atom stereocenters. The van der Waals surface area contributed by atoms with E-state index in [9.17, 15) is 14.9 Å². The summed E-state index contributed by atoms with van der Waals surface area (Å²) in [5, 5.41) is 13.4. The molecule has 1 aromatic carbocycles. The number of non-ortho nitro benzene ring substituents is 1. The molecule has 0 aromatic heterocycles. The van der Waals surface area contributed by atoms with Crippen LogP contribution in [0.3, 0.4) is 0 Å². The van der Waals surface area contributed by atoms with Crippen LogP contribution in [-0.4, -0.2) is 22.2 Å². The predicted molar refractivity (Wildman–Crippen MR) is 73.2 cm³/mol. The molecule has 0 spiro atoms. The van der Waals surface area contributed by atoms with Gasteiger partial charge in [0.05, 0.1) is 4.92 Å². The van der Waals surface area contributed by atoms with Gasteiger partial charge >= 0.3 is 0 Å². The van der Waals surface area contributed by atoms with E-state index < -0.39 is 4.92 Å². The lowest BCUT2D eigenvalue weighted by Crippen LogP contribution is -2.29. The fourth-order valence-electron chi connectivity index (χ4n) is 1.45. The molecule has 0 saturated carbocycles. The molecule has 98 valence electrons. The van der Waals surface area contributed by atoms with Crippen LogP contribution in [0.25, 0.3) is 0 Å². The van der Waals surface area contributed by atoms with Crippen molar-refractivity contribution in [2.45, 2.75) is 25.1 Å². The lowest BCUT2D eigenvalue weighted by molar-refractivity contribution is -0.384. The zero-order valence-corrected chi connectivity index (χ0v) is 11.9. The zero-order chi connectivity index (χ0) is 13.7. The van der Waals surface area contributed by atoms with Crippen LogP contribution in [0.1, 0.15) is 29.3 Å². The molecule has 5 nitrogen and oxygen atoms in total. The van der Waals surface area contributed by atoms with Crippen LogP contribution in [0.4, 0.5) is 5.69 Å². The van der Waals surface area contributed by atoms with E-state index in [1.54, 1.807) is 13.0 Å². The molecule has 0 aliphatic carbocycles. The average molecular weight is 315 g/mol. The van der Waals surface area contributed by atoms with Crippen LogP contribution in [0.5, 0.6) is 0 Å². The first kappa shape index (κ1) is 14.6. The van der Waals surface area contributed by atoms with E-state index in [1.165, 1.54) is 12.1 Å². The second-order valence-corrected chi connectivity index (χ2v) is 5.32. The van der Waals surface area contributed by atoms with Crippen molar-refractivity contribution in [2.75, 3.05) is 6.54 Å². The van der Waals surface area contributed by atoms with E-state index in [4.69, 9.17) is 0 Å². The maximum absolute atomic E-state index is 11.8. The predicted octanol–water partition coefficient (Wildman–Crippen LogP) is 2.81. The van der Waals surface area contributed by atoms with Crippen molar-refractivity contribution in [3.05, 3.63) is 39.4 Å². The molecule has 0 aliphatic heterocycles. The lowest BCUT2D eigenvalue weighted by atomic mass is 10.1. The highest BCUT2D eigenvalue weighted by atomic mass is 79.9. The topological polar surface area (TPSA) is 72.2 Å². The number of alkyl halides is 1. The highest BCUT2D eigenvalue weighted by molar-refractivity contribution is 9.09. The summed E-state index contributed by atoms with van der Waals surface area (Å²) in [5.41, 5.74) is 0.948. The summed E-state index contributed by atoms with van der Waals surface area (Å²) in [6.07, 6.45) is 0.897. The van der Waals surface area contributed by atoms with Gasteiger partial charge in [-0.3, -0.25) is 14.9 Å². The summed E-state index contributed by atoms with van der Waals surface area (Å²) in [7, 11) is 0. The molecule has 18 heavy (non-hydrogen) atoms. The van der Waals surface area contributed by atoms with Gasteiger partial charge in [0.25, 0.3) is 11.6 Å². The minimum absolute atomic E-state index is 0.0639. The van der Waals surface area contributed by atoms with E-state index >= 15 is 0 Å². The van der Waals surface area contributed by atoms with Crippen molar-refractivity contribution in [3.63, 3.8) is 0 Å². The van der Waals surface area contributed by atoms with Crippen LogP contribution in [0.15, 0.2) is 18.2 Å². The van der Waals surface area contributed by atoms with Gasteiger partial charge in [0.1, 0.15) is 0 Å². The fourth-order valence-corrected chi connectivity index (χ4v) is 1.61. The van der Waals surface area contributed by atoms with Crippen molar-refractivity contribution in [2.24, 2.45) is 0 Å². The first-order chi connectivity index (χ1) is 8.43. The SMILES string of the molecule is CCC(Br)CNC(=O)c1cc(C)cc([N+](=O)[O-])c1. The molecule has 1 N–H and O–H groups in total. The molecule has 0 radical (unpaired) electrons. The third-order valence-electron chi connectivity index (χ3n) is 2.46. The van der Waals surface area contributed by atoms with Crippen LogP contribution >= 0.6 is 15.9 Å². The molecule has 1 aromatic rings. The highest BCUT2D eigenvalue weighted by Gasteiger charge is 2.13. The summed E-state index contributed by atoms with van der Waals surface area (Å²) >= 11 is 3.41. The van der Waals surface area contributed by atoms with E-state index in [0.717, 1.165) is 6.42 Å². The summed E-state index contributed by atoms with van der Waals surface area (Å²) in [4.78, 5) is 22.3. The second kappa shape index (κ2) is 6.49. The number of rotatable bonds is 5. The quantitative estimate of drug-likeness (QED) is 0.516. The van der Waals surface area contributed by atoms with Gasteiger partial charge in [0.2, 0.25) is 0 Å². The Balaban J connectivity index is 2.82. The number of hydrogen-bond donors (Lipinski definition) is 1. The number of carbonyl (C=O) groups excluding carboxylic acids is 1. The van der Waals surface area contributed by atoms with Crippen molar-refractivity contribution in [1.82, 2.24) is 5.32 Å². The van der Waals surface area contributed by atoms with Gasteiger partial charge in [-0.25, -0.2) is 0 Å². The first-order valence-electron chi connectivity index (χ1n) is 5.62. The summed E-state index contributed by atoms with van der Waals surface area (Å²) < 4.78 is 0. The lowest BCUT2D eigenvalue weighted by Gasteiger charge is -2.09. The Morgan fingerprint density at radius 2 is 2.17 bits per heavy atom. The van der Waals surface area contributed by atoms with E-state index in [1.807, 2.05) is 6.92 Å². The molecule has 1 amide bonds. The fraction of sp³-hybridized carbons (Fsp3) is 0.417. The van der Waals surface area contributed by atoms with E-state index in [-0.39, 0.29) is 16.4 Å². The Labute approximate surface area is 114 Å². The van der Waals surface area contributed by atoms with Crippen molar-refractivity contribution >= 4 is 27.5 Å². The number of nitrogens with one attached hydrogen (secondary N) is 1. The van der Waals surface area contributed by atoms with Gasteiger partial charge in [-0.1, -0.05) is 22.9 Å². The molecule has 1 unspecified atom stereocenters. The third kappa shape index (κ3) is 4.10. The number of halogens is 1. The molecular formula is C12H15BrN2O3. The number of benzene rings is 1. The number of nitro benzene ring substituents is 1. The summed E-state index contributed by atoms with van der Waals surface area (Å²) in [6.45, 7) is 4.23. The number of carbonyl (C=O) groups is 1. The Bertz CT molecular complexity index is 463. The van der Waals surface area contributed by atoms with E-state index in [0.29, 0.717) is 17.7 Å². The van der Waals surface area contributed by atoms with Gasteiger partial charge < -0.3 is 5.32 Å². The molecule has 0 bridgehead atoms. The van der Waals surface area contributed by atoms with Crippen molar-refractivity contribution in [1.29, 1.82) is 0 Å². The Hall–Kier alpha value is -1.43. The maximum Gasteiger partial charge on any atom is 0.270 e. The van der Waals surface area contributed by atoms with Crippen molar-refractivity contribution in [3.8, 4) is 0 Å². The summed E-state index contributed by atoms with van der Waals surface area (Å²) in [5.74, 6) is -0.292. The monoisotopic (exact) mass is 314 g/mol.